The fourth-order valence-electron chi connectivity index (χ4n) is 3.06. The number of rotatable bonds is 2. The minimum Gasteiger partial charge on any atom is -0.320 e. The Hall–Kier alpha value is -1.65. The average Bonchev–Trinajstić information content (AvgIpc) is 3.15. The van der Waals surface area contributed by atoms with Gasteiger partial charge in [0.1, 0.15) is 0 Å². The van der Waals surface area contributed by atoms with Crippen LogP contribution in [0.3, 0.4) is 0 Å². The van der Waals surface area contributed by atoms with Gasteiger partial charge in [-0.2, -0.15) is 0 Å². The number of imidazole rings is 1. The summed E-state index contributed by atoms with van der Waals surface area (Å²) in [7, 11) is 0. The van der Waals surface area contributed by atoms with E-state index in [0.29, 0.717) is 6.04 Å². The lowest BCUT2D eigenvalue weighted by Gasteiger charge is -2.26. The molecule has 4 heteroatoms. The van der Waals surface area contributed by atoms with Gasteiger partial charge in [-0.05, 0) is 49.5 Å². The van der Waals surface area contributed by atoms with Crippen molar-refractivity contribution in [3.05, 3.63) is 41.8 Å². The van der Waals surface area contributed by atoms with E-state index in [9.17, 15) is 0 Å². The van der Waals surface area contributed by atoms with Gasteiger partial charge in [0.25, 0.3) is 0 Å². The molecule has 0 unspecified atom stereocenters. The molecule has 2 aromatic heterocycles. The molecule has 0 radical (unpaired) electrons. The van der Waals surface area contributed by atoms with E-state index in [-0.39, 0.29) is 0 Å². The second-order valence-corrected chi connectivity index (χ2v) is 6.20. The van der Waals surface area contributed by atoms with Gasteiger partial charge in [0.05, 0.1) is 15.9 Å². The number of benzene rings is 1. The molecule has 0 saturated carbocycles. The number of fused-ring (bicyclic) bond motifs is 1. The number of nitrogens with zero attached hydrogens (tertiary/aromatic N) is 2. The smallest absolute Gasteiger partial charge is 0.151 e. The van der Waals surface area contributed by atoms with Crippen molar-refractivity contribution in [2.45, 2.75) is 18.9 Å². The minimum absolute atomic E-state index is 0.556. The van der Waals surface area contributed by atoms with Gasteiger partial charge in [-0.25, -0.2) is 4.98 Å². The Balaban J connectivity index is 1.93. The third-order valence-corrected chi connectivity index (χ3v) is 4.88. The maximum atomic E-state index is 4.88. The maximum Gasteiger partial charge on any atom is 0.151 e. The molecule has 1 fully saturated rings. The highest BCUT2D eigenvalue weighted by atomic mass is 32.1. The van der Waals surface area contributed by atoms with Gasteiger partial charge in [-0.15, -0.1) is 11.3 Å². The maximum absolute atomic E-state index is 4.88. The molecule has 3 nitrogen and oxygen atoms in total. The first-order chi connectivity index (χ1) is 9.93. The second kappa shape index (κ2) is 5.04. The monoisotopic (exact) mass is 283 g/mol. The summed E-state index contributed by atoms with van der Waals surface area (Å²) >= 11 is 1.77. The van der Waals surface area contributed by atoms with Gasteiger partial charge < -0.3 is 9.88 Å². The minimum atomic E-state index is 0.556. The normalized spacial score (nSPS) is 16.8. The number of hydrogen-bond donors (Lipinski definition) is 1. The van der Waals surface area contributed by atoms with Crippen LogP contribution in [0, 0.1) is 0 Å². The zero-order valence-electron chi connectivity index (χ0n) is 11.2. The summed E-state index contributed by atoms with van der Waals surface area (Å²) in [6.07, 6.45) is 2.36. The Bertz CT molecular complexity index is 708. The molecule has 1 saturated heterocycles. The molecule has 0 amide bonds. The van der Waals surface area contributed by atoms with Crippen molar-refractivity contribution < 1.29 is 0 Å². The second-order valence-electron chi connectivity index (χ2n) is 5.25. The van der Waals surface area contributed by atoms with Gasteiger partial charge >= 0.3 is 0 Å². The van der Waals surface area contributed by atoms with Crippen LogP contribution in [0.2, 0.25) is 0 Å². The lowest BCUT2D eigenvalue weighted by atomic mass is 10.1. The number of hydrogen-bond acceptors (Lipinski definition) is 3. The highest BCUT2D eigenvalue weighted by Crippen LogP contribution is 2.33. The average molecular weight is 283 g/mol. The van der Waals surface area contributed by atoms with E-state index in [0.717, 1.165) is 24.4 Å². The van der Waals surface area contributed by atoms with E-state index < -0.39 is 0 Å². The van der Waals surface area contributed by atoms with Crippen LogP contribution in [-0.4, -0.2) is 22.6 Å². The summed E-state index contributed by atoms with van der Waals surface area (Å²) in [6.45, 7) is 2.20. The van der Waals surface area contributed by atoms with Crippen LogP contribution in [-0.2, 0) is 0 Å². The predicted octanol–water partition coefficient (Wildman–Crippen LogP) is 3.69. The van der Waals surface area contributed by atoms with Crippen LogP contribution < -0.4 is 5.32 Å². The molecule has 0 bridgehead atoms. The van der Waals surface area contributed by atoms with E-state index in [1.54, 1.807) is 11.3 Å². The number of nitrogens with one attached hydrogen (secondary N) is 1. The highest BCUT2D eigenvalue weighted by Gasteiger charge is 2.22. The quantitative estimate of drug-likeness (QED) is 0.777. The first-order valence-corrected chi connectivity index (χ1v) is 8.03. The fraction of sp³-hybridized carbons (Fsp3) is 0.312. The molecule has 1 aliphatic heterocycles. The molecule has 20 heavy (non-hydrogen) atoms. The van der Waals surface area contributed by atoms with Crippen molar-refractivity contribution in [2.75, 3.05) is 13.1 Å². The highest BCUT2D eigenvalue weighted by molar-refractivity contribution is 7.13. The molecule has 0 spiro atoms. The van der Waals surface area contributed by atoms with Gasteiger partial charge in [0.2, 0.25) is 0 Å². The summed E-state index contributed by atoms with van der Waals surface area (Å²) < 4.78 is 2.46. The van der Waals surface area contributed by atoms with Crippen molar-refractivity contribution >= 4 is 22.4 Å². The zero-order chi connectivity index (χ0) is 13.4. The lowest BCUT2D eigenvalue weighted by molar-refractivity contribution is 0.377. The molecule has 0 atom stereocenters. The molecule has 1 aromatic carbocycles. The van der Waals surface area contributed by atoms with E-state index in [1.807, 2.05) is 0 Å². The number of thiophene rings is 1. The molecule has 4 rings (SSSR count). The summed E-state index contributed by atoms with van der Waals surface area (Å²) in [5.74, 6) is 1.13. The molecule has 3 heterocycles. The largest absolute Gasteiger partial charge is 0.320 e. The van der Waals surface area contributed by atoms with Crippen molar-refractivity contribution in [1.29, 1.82) is 0 Å². The molecule has 3 aromatic rings. The third kappa shape index (κ3) is 1.96. The topological polar surface area (TPSA) is 29.9 Å². The van der Waals surface area contributed by atoms with Gasteiger partial charge in [-0.1, -0.05) is 18.2 Å². The molecular weight excluding hydrogens is 266 g/mol. The van der Waals surface area contributed by atoms with Crippen molar-refractivity contribution in [2.24, 2.45) is 0 Å². The van der Waals surface area contributed by atoms with Gasteiger partial charge in [0.15, 0.2) is 5.82 Å². The van der Waals surface area contributed by atoms with Crippen LogP contribution >= 0.6 is 11.3 Å². The summed E-state index contributed by atoms with van der Waals surface area (Å²) in [5.41, 5.74) is 2.37. The first-order valence-electron chi connectivity index (χ1n) is 7.15. The molecule has 1 aliphatic rings. The van der Waals surface area contributed by atoms with E-state index in [2.05, 4.69) is 51.7 Å². The Labute approximate surface area is 122 Å². The molecule has 1 N–H and O–H groups in total. The molecular formula is C16H17N3S. The van der Waals surface area contributed by atoms with Crippen LogP contribution in [0.1, 0.15) is 18.9 Å². The standard InChI is InChI=1S/C16H17N3S/c1-2-5-14-13(4-1)18-16(15-6-3-11-20-15)19(14)12-7-9-17-10-8-12/h1-6,11-12,17H,7-10H2. The van der Waals surface area contributed by atoms with Gasteiger partial charge in [0, 0.05) is 6.04 Å². The fourth-order valence-corrected chi connectivity index (χ4v) is 3.77. The van der Waals surface area contributed by atoms with Crippen molar-refractivity contribution in [3.8, 4) is 10.7 Å². The zero-order valence-corrected chi connectivity index (χ0v) is 12.1. The van der Waals surface area contributed by atoms with Crippen molar-refractivity contribution in [3.63, 3.8) is 0 Å². The SMILES string of the molecule is c1csc(-c2nc3ccccc3n2C2CCNCC2)c1. The predicted molar refractivity (Wildman–Crippen MR) is 84.2 cm³/mol. The molecule has 0 aliphatic carbocycles. The Morgan fingerprint density at radius 2 is 1.95 bits per heavy atom. The summed E-state index contributed by atoms with van der Waals surface area (Å²) in [4.78, 5) is 6.15. The first kappa shape index (κ1) is 12.1. The van der Waals surface area contributed by atoms with Crippen LogP contribution in [0.5, 0.6) is 0 Å². The van der Waals surface area contributed by atoms with E-state index >= 15 is 0 Å². The third-order valence-electron chi connectivity index (χ3n) is 4.01. The lowest BCUT2D eigenvalue weighted by Crippen LogP contribution is -2.29. The molecule has 102 valence electrons. The van der Waals surface area contributed by atoms with Crippen LogP contribution in [0.15, 0.2) is 41.8 Å². The van der Waals surface area contributed by atoms with Crippen molar-refractivity contribution in [1.82, 2.24) is 14.9 Å². The van der Waals surface area contributed by atoms with Crippen LogP contribution in [0.25, 0.3) is 21.7 Å². The van der Waals surface area contributed by atoms with E-state index in [1.165, 1.54) is 23.2 Å². The number of aromatic nitrogens is 2. The Morgan fingerprint density at radius 3 is 2.75 bits per heavy atom. The summed E-state index contributed by atoms with van der Waals surface area (Å²) in [5, 5.41) is 5.57. The Kier molecular flexibility index (Phi) is 3.05. The van der Waals surface area contributed by atoms with E-state index in [4.69, 9.17) is 4.98 Å². The summed E-state index contributed by atoms with van der Waals surface area (Å²) in [6, 6.07) is 13.3. The van der Waals surface area contributed by atoms with Gasteiger partial charge in [-0.3, -0.25) is 0 Å². The number of piperidine rings is 1. The Morgan fingerprint density at radius 1 is 1.10 bits per heavy atom. The van der Waals surface area contributed by atoms with Crippen LogP contribution in [0.4, 0.5) is 0 Å². The number of para-hydroxylation sites is 2.